The third kappa shape index (κ3) is 2.52. The molecule has 0 unspecified atom stereocenters. The van der Waals surface area contributed by atoms with Crippen LogP contribution in [0, 0.1) is 24.1 Å². The van der Waals surface area contributed by atoms with Crippen molar-refractivity contribution in [3.63, 3.8) is 0 Å². The molecule has 0 saturated heterocycles. The summed E-state index contributed by atoms with van der Waals surface area (Å²) in [5.41, 5.74) is 1.23. The molecule has 0 heterocycles. The Hall–Kier alpha value is -1.86. The molecule has 2 rings (SSSR count). The number of nitriles is 1. The van der Waals surface area contributed by atoms with Gasteiger partial charge in [-0.15, -0.1) is 0 Å². The zero-order chi connectivity index (χ0) is 13.1. The number of ether oxygens (including phenoxy) is 1. The molecule has 0 aliphatic carbocycles. The van der Waals surface area contributed by atoms with E-state index in [2.05, 4.69) is 15.9 Å². The first-order valence-electron chi connectivity index (χ1n) is 5.24. The van der Waals surface area contributed by atoms with Crippen molar-refractivity contribution < 1.29 is 9.13 Å². The molecule has 2 aromatic carbocycles. The van der Waals surface area contributed by atoms with Crippen molar-refractivity contribution in [3.8, 4) is 17.6 Å². The molecule has 2 nitrogen and oxygen atoms in total. The molecule has 0 N–H and O–H groups in total. The molecule has 0 aromatic heterocycles. The molecule has 0 bridgehead atoms. The predicted octanol–water partition coefficient (Wildman–Crippen LogP) is 4.56. The minimum Gasteiger partial charge on any atom is -0.453 e. The van der Waals surface area contributed by atoms with E-state index in [0.29, 0.717) is 15.8 Å². The largest absolute Gasteiger partial charge is 0.453 e. The van der Waals surface area contributed by atoms with Crippen molar-refractivity contribution in [2.45, 2.75) is 6.92 Å². The van der Waals surface area contributed by atoms with Crippen LogP contribution in [0.5, 0.6) is 11.5 Å². The van der Waals surface area contributed by atoms with Gasteiger partial charge in [0.05, 0.1) is 0 Å². The summed E-state index contributed by atoms with van der Waals surface area (Å²) in [6.45, 7) is 1.85. The lowest BCUT2D eigenvalue weighted by molar-refractivity contribution is 0.440. The Kier molecular flexibility index (Phi) is 3.63. The molecule has 0 aliphatic heterocycles. The van der Waals surface area contributed by atoms with Gasteiger partial charge in [-0.25, -0.2) is 4.39 Å². The minimum atomic E-state index is -0.454. The summed E-state index contributed by atoms with van der Waals surface area (Å²) >= 11 is 3.26. The van der Waals surface area contributed by atoms with E-state index in [1.54, 1.807) is 30.3 Å². The topological polar surface area (TPSA) is 33.0 Å². The van der Waals surface area contributed by atoms with Crippen LogP contribution in [0.4, 0.5) is 4.39 Å². The van der Waals surface area contributed by atoms with Gasteiger partial charge in [0.1, 0.15) is 17.4 Å². The zero-order valence-electron chi connectivity index (χ0n) is 9.58. The molecule has 18 heavy (non-hydrogen) atoms. The second-order valence-electron chi connectivity index (χ2n) is 3.76. The van der Waals surface area contributed by atoms with Gasteiger partial charge in [-0.1, -0.05) is 12.1 Å². The summed E-state index contributed by atoms with van der Waals surface area (Å²) in [5, 5.41) is 9.05. The molecule has 0 atom stereocenters. The number of benzene rings is 2. The van der Waals surface area contributed by atoms with E-state index >= 15 is 0 Å². The highest BCUT2D eigenvalue weighted by Crippen LogP contribution is 2.31. The van der Waals surface area contributed by atoms with Crippen LogP contribution < -0.4 is 4.74 Å². The van der Waals surface area contributed by atoms with E-state index in [1.807, 2.05) is 13.0 Å². The molecule has 0 saturated carbocycles. The molecule has 0 radical (unpaired) electrons. The van der Waals surface area contributed by atoms with Crippen molar-refractivity contribution in [1.82, 2.24) is 0 Å². The standard InChI is InChI=1S/C14H9BrFNO/c1-9-5-6-12(16)14(7-9)18-13-4-2-3-11(15)10(13)8-17/h2-7H,1H3. The third-order valence-electron chi connectivity index (χ3n) is 2.39. The second kappa shape index (κ2) is 5.19. The van der Waals surface area contributed by atoms with Gasteiger partial charge < -0.3 is 4.74 Å². The first-order chi connectivity index (χ1) is 8.61. The van der Waals surface area contributed by atoms with Gasteiger partial charge in [0, 0.05) is 4.47 Å². The summed E-state index contributed by atoms with van der Waals surface area (Å²) in [6, 6.07) is 11.7. The Morgan fingerprint density at radius 1 is 1.22 bits per heavy atom. The van der Waals surface area contributed by atoms with Crippen molar-refractivity contribution in [1.29, 1.82) is 5.26 Å². The molecule has 0 aliphatic rings. The Morgan fingerprint density at radius 3 is 2.72 bits per heavy atom. The van der Waals surface area contributed by atoms with Crippen molar-refractivity contribution in [2.75, 3.05) is 0 Å². The molecule has 2 aromatic rings. The lowest BCUT2D eigenvalue weighted by Crippen LogP contribution is -1.92. The predicted molar refractivity (Wildman–Crippen MR) is 70.1 cm³/mol. The fraction of sp³-hybridized carbons (Fsp3) is 0.0714. The lowest BCUT2D eigenvalue weighted by Gasteiger charge is -2.09. The summed E-state index contributed by atoms with van der Waals surface area (Å²) in [7, 11) is 0. The summed E-state index contributed by atoms with van der Waals surface area (Å²) in [6.07, 6.45) is 0. The van der Waals surface area contributed by atoms with Gasteiger partial charge in [0.25, 0.3) is 0 Å². The van der Waals surface area contributed by atoms with Crippen molar-refractivity contribution in [2.24, 2.45) is 0 Å². The first-order valence-corrected chi connectivity index (χ1v) is 6.03. The van der Waals surface area contributed by atoms with Crippen molar-refractivity contribution in [3.05, 3.63) is 57.8 Å². The van der Waals surface area contributed by atoms with Gasteiger partial charge in [-0.2, -0.15) is 5.26 Å². The SMILES string of the molecule is Cc1ccc(F)c(Oc2cccc(Br)c2C#N)c1. The summed E-state index contributed by atoms with van der Waals surface area (Å²) in [5.74, 6) is -0.00885. The summed E-state index contributed by atoms with van der Waals surface area (Å²) < 4.78 is 19.7. The minimum absolute atomic E-state index is 0.115. The van der Waals surface area contributed by atoms with E-state index in [1.165, 1.54) is 6.07 Å². The van der Waals surface area contributed by atoms with Gasteiger partial charge in [-0.3, -0.25) is 0 Å². The van der Waals surface area contributed by atoms with Crippen LogP contribution in [-0.2, 0) is 0 Å². The number of aryl methyl sites for hydroxylation is 1. The van der Waals surface area contributed by atoms with Crippen LogP contribution in [0.1, 0.15) is 11.1 Å². The highest BCUT2D eigenvalue weighted by atomic mass is 79.9. The molecule has 0 spiro atoms. The van der Waals surface area contributed by atoms with E-state index in [0.717, 1.165) is 5.56 Å². The van der Waals surface area contributed by atoms with Crippen LogP contribution in [0.15, 0.2) is 40.9 Å². The molecule has 4 heteroatoms. The number of nitrogens with zero attached hydrogens (tertiary/aromatic N) is 1. The number of hydrogen-bond donors (Lipinski definition) is 0. The number of rotatable bonds is 2. The Morgan fingerprint density at radius 2 is 2.00 bits per heavy atom. The molecule has 0 fully saturated rings. The smallest absolute Gasteiger partial charge is 0.165 e. The van der Waals surface area contributed by atoms with E-state index in [9.17, 15) is 4.39 Å². The number of hydrogen-bond acceptors (Lipinski definition) is 2. The summed E-state index contributed by atoms with van der Waals surface area (Å²) in [4.78, 5) is 0. The maximum atomic E-state index is 13.6. The third-order valence-corrected chi connectivity index (χ3v) is 3.05. The van der Waals surface area contributed by atoms with Crippen LogP contribution >= 0.6 is 15.9 Å². The van der Waals surface area contributed by atoms with E-state index in [-0.39, 0.29) is 5.75 Å². The normalized spacial score (nSPS) is 9.89. The maximum Gasteiger partial charge on any atom is 0.165 e. The fourth-order valence-electron chi connectivity index (χ4n) is 1.51. The molecular weight excluding hydrogens is 297 g/mol. The van der Waals surface area contributed by atoms with E-state index < -0.39 is 5.82 Å². The Bertz CT molecular complexity index is 634. The van der Waals surface area contributed by atoms with Gasteiger partial charge in [0.2, 0.25) is 0 Å². The molecule has 90 valence electrons. The van der Waals surface area contributed by atoms with Crippen LogP contribution in [0.25, 0.3) is 0 Å². The van der Waals surface area contributed by atoms with Crippen LogP contribution in [0.3, 0.4) is 0 Å². The molecular formula is C14H9BrFNO. The van der Waals surface area contributed by atoms with Gasteiger partial charge in [0.15, 0.2) is 11.6 Å². The maximum absolute atomic E-state index is 13.6. The average molecular weight is 306 g/mol. The monoisotopic (exact) mass is 305 g/mol. The van der Waals surface area contributed by atoms with Crippen LogP contribution in [0.2, 0.25) is 0 Å². The van der Waals surface area contributed by atoms with E-state index in [4.69, 9.17) is 10.00 Å². The highest BCUT2D eigenvalue weighted by Gasteiger charge is 2.11. The second-order valence-corrected chi connectivity index (χ2v) is 4.62. The Balaban J connectivity index is 2.44. The Labute approximate surface area is 113 Å². The fourth-order valence-corrected chi connectivity index (χ4v) is 1.94. The average Bonchev–Trinajstić information content (AvgIpc) is 2.34. The zero-order valence-corrected chi connectivity index (χ0v) is 11.2. The highest BCUT2D eigenvalue weighted by molar-refractivity contribution is 9.10. The molecule has 0 amide bonds. The lowest BCUT2D eigenvalue weighted by atomic mass is 10.2. The quantitative estimate of drug-likeness (QED) is 0.815. The van der Waals surface area contributed by atoms with Gasteiger partial charge >= 0.3 is 0 Å². The number of halogens is 2. The van der Waals surface area contributed by atoms with Crippen molar-refractivity contribution >= 4 is 15.9 Å². The van der Waals surface area contributed by atoms with Crippen LogP contribution in [-0.4, -0.2) is 0 Å². The van der Waals surface area contributed by atoms with Gasteiger partial charge in [-0.05, 0) is 52.7 Å². The first kappa shape index (κ1) is 12.6.